The normalized spacial score (nSPS) is 13.5. The monoisotopic (exact) mass is 582 g/mol. The van der Waals surface area contributed by atoms with Crippen molar-refractivity contribution in [2.45, 2.75) is 24.7 Å². The van der Waals surface area contributed by atoms with Crippen LogP contribution in [0.3, 0.4) is 0 Å². The number of aromatic amines is 1. The van der Waals surface area contributed by atoms with Crippen molar-refractivity contribution in [2.24, 2.45) is 0 Å². The van der Waals surface area contributed by atoms with E-state index in [2.05, 4.69) is 15.0 Å². The van der Waals surface area contributed by atoms with Crippen LogP contribution in [0.25, 0.3) is 11.2 Å². The van der Waals surface area contributed by atoms with Crippen LogP contribution in [0.1, 0.15) is 11.3 Å². The molecule has 1 unspecified atom stereocenters. The van der Waals surface area contributed by atoms with E-state index in [0.29, 0.717) is 5.56 Å². The van der Waals surface area contributed by atoms with E-state index < -0.39 is 46.8 Å². The lowest BCUT2D eigenvalue weighted by atomic mass is 10.2. The van der Waals surface area contributed by atoms with Gasteiger partial charge in [0, 0.05) is 12.8 Å². The van der Waals surface area contributed by atoms with Crippen molar-refractivity contribution in [1.29, 1.82) is 0 Å². The Morgan fingerprint density at radius 2 is 1.90 bits per heavy atom. The first kappa shape index (κ1) is 28.1. The number of aromatic nitrogens is 4. The van der Waals surface area contributed by atoms with Gasteiger partial charge in [-0.25, -0.2) is 13.4 Å². The maximum absolute atomic E-state index is 13.5. The van der Waals surface area contributed by atoms with E-state index in [1.807, 2.05) is 0 Å². The minimum Gasteiger partial charge on any atom is -0.403 e. The molecule has 0 aliphatic heterocycles. The highest BCUT2D eigenvalue weighted by molar-refractivity contribution is 7.90. The predicted octanol–water partition coefficient (Wildman–Crippen LogP) is 2.21. The number of nitrogens with one attached hydrogen (secondary N) is 1. The molecule has 0 amide bonds. The highest BCUT2D eigenvalue weighted by Gasteiger charge is 2.27. The number of furan rings is 1. The van der Waals surface area contributed by atoms with E-state index in [-0.39, 0.29) is 47.5 Å². The third kappa shape index (κ3) is 7.15. The minimum atomic E-state index is -3.97. The maximum Gasteiger partial charge on any atom is 0.433 e. The predicted molar refractivity (Wildman–Crippen MR) is 135 cm³/mol. The number of imidazole rings is 1. The number of benzene rings is 1. The lowest BCUT2D eigenvalue weighted by Gasteiger charge is -2.18. The third-order valence-corrected chi connectivity index (χ3v) is 7.90. The molecule has 0 spiro atoms. The number of H-pyrrole nitrogens is 1. The number of sulfone groups is 1. The molecule has 39 heavy (non-hydrogen) atoms. The molecule has 3 aromatic heterocycles. The molecule has 0 saturated heterocycles. The molecule has 4 aromatic rings. The Kier molecular flexibility index (Phi) is 8.27. The molecule has 4 rings (SSSR count). The molecule has 0 fully saturated rings. The van der Waals surface area contributed by atoms with Crippen molar-refractivity contribution in [1.82, 2.24) is 19.5 Å². The van der Waals surface area contributed by atoms with E-state index in [4.69, 9.17) is 23.9 Å². The van der Waals surface area contributed by atoms with Gasteiger partial charge in [-0.3, -0.25) is 29.0 Å². The van der Waals surface area contributed by atoms with E-state index in [1.165, 1.54) is 41.2 Å². The standard InChI is InChI=1S/C21H23N6O10PS/c1-39(32,33)16-5-2-14(3-6-16)10-35-38(31,36-11-15-4-7-17(37-15)27(29)30)13-34-9-8-26-12-23-18-19(26)24-21(22)25-20(18)28/h2-7,12H,8-11,13H2,1H3,(H3,22,24,25,28). The number of fused-ring (bicyclic) bond motifs is 1. The zero-order valence-corrected chi connectivity index (χ0v) is 22.1. The van der Waals surface area contributed by atoms with Crippen LogP contribution in [0.15, 0.2) is 56.8 Å². The summed E-state index contributed by atoms with van der Waals surface area (Å²) in [6.07, 6.45) is 1.96. The summed E-state index contributed by atoms with van der Waals surface area (Å²) in [5, 5.41) is 10.8. The Labute approximate surface area is 220 Å². The Morgan fingerprint density at radius 3 is 2.56 bits per heavy atom. The van der Waals surface area contributed by atoms with Gasteiger partial charge in [0.1, 0.15) is 23.6 Å². The van der Waals surface area contributed by atoms with Crippen LogP contribution in [0.5, 0.6) is 0 Å². The highest BCUT2D eigenvalue weighted by Crippen LogP contribution is 2.50. The van der Waals surface area contributed by atoms with Crippen LogP contribution in [0, 0.1) is 10.1 Å². The summed E-state index contributed by atoms with van der Waals surface area (Å²) in [4.78, 5) is 32.6. The van der Waals surface area contributed by atoms with Gasteiger partial charge in [0.2, 0.25) is 5.95 Å². The molecule has 16 nitrogen and oxygen atoms in total. The summed E-state index contributed by atoms with van der Waals surface area (Å²) >= 11 is 0. The number of rotatable bonds is 13. The number of nitrogen functional groups attached to an aromatic ring is 1. The topological polar surface area (TPSA) is 225 Å². The molecule has 1 aromatic carbocycles. The molecule has 0 radical (unpaired) electrons. The summed E-state index contributed by atoms with van der Waals surface area (Å²) in [6, 6.07) is 8.21. The number of anilines is 1. The molecule has 0 aliphatic rings. The van der Waals surface area contributed by atoms with E-state index in [9.17, 15) is 27.9 Å². The lowest BCUT2D eigenvalue weighted by molar-refractivity contribution is -0.402. The fraction of sp³-hybridized carbons (Fsp3) is 0.286. The Hall–Kier alpha value is -3.89. The molecule has 0 bridgehead atoms. The molecule has 18 heteroatoms. The van der Waals surface area contributed by atoms with Gasteiger partial charge in [0.25, 0.3) is 5.56 Å². The quantitative estimate of drug-likeness (QED) is 0.0999. The van der Waals surface area contributed by atoms with Crippen molar-refractivity contribution in [3.8, 4) is 0 Å². The number of nitrogens with two attached hydrogens (primary N) is 1. The minimum absolute atomic E-state index is 0.00810. The molecule has 3 N–H and O–H groups in total. The van der Waals surface area contributed by atoms with Gasteiger partial charge in [-0.1, -0.05) is 12.1 Å². The molecule has 3 heterocycles. The van der Waals surface area contributed by atoms with Crippen molar-refractivity contribution >= 4 is 40.4 Å². The van der Waals surface area contributed by atoms with Gasteiger partial charge in [0.05, 0.1) is 30.5 Å². The Morgan fingerprint density at radius 1 is 1.18 bits per heavy atom. The number of nitrogens with zero attached hydrogens (tertiary/aromatic N) is 4. The van der Waals surface area contributed by atoms with Gasteiger partial charge in [-0.05, 0) is 23.8 Å². The summed E-state index contributed by atoms with van der Waals surface area (Å²) in [7, 11) is -7.36. The van der Waals surface area contributed by atoms with Gasteiger partial charge in [-0.2, -0.15) is 4.98 Å². The van der Waals surface area contributed by atoms with Crippen molar-refractivity contribution in [3.63, 3.8) is 0 Å². The number of ether oxygens (including phenoxy) is 1. The van der Waals surface area contributed by atoms with Crippen LogP contribution in [-0.4, -0.2) is 52.1 Å². The molecular formula is C21H23N6O10PS. The van der Waals surface area contributed by atoms with Crippen LogP contribution in [0.2, 0.25) is 0 Å². The number of nitro groups is 1. The van der Waals surface area contributed by atoms with Crippen LogP contribution >= 0.6 is 7.60 Å². The number of hydrogen-bond donors (Lipinski definition) is 2. The molecule has 0 saturated carbocycles. The smallest absolute Gasteiger partial charge is 0.403 e. The Bertz CT molecular complexity index is 1700. The van der Waals surface area contributed by atoms with E-state index in [0.717, 1.165) is 12.3 Å². The molecule has 0 aliphatic carbocycles. The van der Waals surface area contributed by atoms with E-state index in [1.54, 1.807) is 0 Å². The summed E-state index contributed by atoms with van der Waals surface area (Å²) < 4.78 is 59.9. The second kappa shape index (κ2) is 11.5. The second-order valence-electron chi connectivity index (χ2n) is 8.17. The number of hydrogen-bond acceptors (Lipinski definition) is 13. The summed E-state index contributed by atoms with van der Waals surface area (Å²) in [5.41, 5.74) is 5.95. The maximum atomic E-state index is 13.5. The van der Waals surface area contributed by atoms with Crippen molar-refractivity contribution in [2.75, 3.05) is 24.9 Å². The SMILES string of the molecule is CS(=O)(=O)c1ccc(COP(=O)(COCCn2cnc3c(=O)[nH]c(N)nc32)OCc2ccc([N+](=O)[O-])o2)cc1. The van der Waals surface area contributed by atoms with Crippen LogP contribution < -0.4 is 11.3 Å². The average Bonchev–Trinajstić information content (AvgIpc) is 3.52. The van der Waals surface area contributed by atoms with Crippen molar-refractivity contribution in [3.05, 3.63) is 74.5 Å². The second-order valence-corrected chi connectivity index (χ2v) is 12.2. The first-order chi connectivity index (χ1) is 18.4. The van der Waals surface area contributed by atoms with Gasteiger partial charge < -0.3 is 24.0 Å². The van der Waals surface area contributed by atoms with E-state index >= 15 is 0 Å². The zero-order chi connectivity index (χ0) is 28.2. The van der Waals surface area contributed by atoms with Crippen LogP contribution in [-0.2, 0) is 47.9 Å². The summed E-state index contributed by atoms with van der Waals surface area (Å²) in [5.74, 6) is -0.543. The fourth-order valence-corrected chi connectivity index (χ4v) is 5.17. The highest BCUT2D eigenvalue weighted by atomic mass is 32.2. The molecular weight excluding hydrogens is 559 g/mol. The largest absolute Gasteiger partial charge is 0.433 e. The van der Waals surface area contributed by atoms with Gasteiger partial charge >= 0.3 is 13.5 Å². The molecule has 1 atom stereocenters. The van der Waals surface area contributed by atoms with Gasteiger partial charge in [0.15, 0.2) is 21.0 Å². The summed E-state index contributed by atoms with van der Waals surface area (Å²) in [6.45, 7) is -0.448. The molecule has 208 valence electrons. The fourth-order valence-electron chi connectivity index (χ4n) is 3.30. The zero-order valence-electron chi connectivity index (χ0n) is 20.4. The first-order valence-electron chi connectivity index (χ1n) is 11.1. The Balaban J connectivity index is 1.42. The third-order valence-electron chi connectivity index (χ3n) is 5.23. The van der Waals surface area contributed by atoms with Gasteiger partial charge in [-0.15, -0.1) is 0 Å². The lowest BCUT2D eigenvalue weighted by Crippen LogP contribution is -2.13. The van der Waals surface area contributed by atoms with Crippen molar-refractivity contribution < 1.29 is 36.1 Å². The first-order valence-corrected chi connectivity index (χ1v) is 14.7. The van der Waals surface area contributed by atoms with Crippen LogP contribution in [0.4, 0.5) is 11.8 Å². The average molecular weight is 582 g/mol.